The molecule has 1 saturated carbocycles. The molecule has 1 saturated heterocycles. The Morgan fingerprint density at radius 3 is 2.06 bits per heavy atom. The van der Waals surface area contributed by atoms with E-state index in [1.807, 2.05) is 0 Å². The van der Waals surface area contributed by atoms with Gasteiger partial charge in [0.1, 0.15) is 0 Å². The molecule has 2 N–H and O–H groups in total. The molecule has 1 aliphatic heterocycles. The van der Waals surface area contributed by atoms with E-state index in [9.17, 15) is 0 Å². The van der Waals surface area contributed by atoms with Gasteiger partial charge in [-0.05, 0) is 57.5 Å². The van der Waals surface area contributed by atoms with Gasteiger partial charge in [-0.1, -0.05) is 20.3 Å². The number of hydrogen-bond acceptors (Lipinski definition) is 2. The molecule has 0 aromatic rings. The van der Waals surface area contributed by atoms with Crippen molar-refractivity contribution in [3.63, 3.8) is 0 Å². The number of rotatable bonds is 5. The van der Waals surface area contributed by atoms with E-state index < -0.39 is 0 Å². The van der Waals surface area contributed by atoms with Crippen LogP contribution in [0.25, 0.3) is 0 Å². The molecular formula is C14H28N2. The summed E-state index contributed by atoms with van der Waals surface area (Å²) in [7, 11) is 0. The molecule has 1 heterocycles. The maximum atomic E-state index is 6.62. The zero-order valence-electron chi connectivity index (χ0n) is 11.0. The van der Waals surface area contributed by atoms with Crippen LogP contribution < -0.4 is 5.73 Å². The standard InChI is InChI=1S/C14H28N2/c1-3-14(4-2,16-10-5-6-11-16)13(15)12-8-7-9-12/h12-13H,3-11,15H2,1-2H3. The Morgan fingerprint density at radius 1 is 1.12 bits per heavy atom. The summed E-state index contributed by atoms with van der Waals surface area (Å²) >= 11 is 0. The first kappa shape index (κ1) is 12.4. The Kier molecular flexibility index (Phi) is 3.91. The third kappa shape index (κ3) is 1.91. The molecule has 2 fully saturated rings. The van der Waals surface area contributed by atoms with Gasteiger partial charge in [0.25, 0.3) is 0 Å². The van der Waals surface area contributed by atoms with Crippen LogP contribution in [0.3, 0.4) is 0 Å². The molecule has 0 radical (unpaired) electrons. The second-order valence-corrected chi connectivity index (χ2v) is 5.72. The van der Waals surface area contributed by atoms with Crippen molar-refractivity contribution in [3.8, 4) is 0 Å². The van der Waals surface area contributed by atoms with Crippen LogP contribution in [-0.4, -0.2) is 29.6 Å². The average Bonchev–Trinajstić information content (AvgIpc) is 2.72. The first-order valence-electron chi connectivity index (χ1n) is 7.25. The first-order valence-corrected chi connectivity index (χ1v) is 7.25. The number of hydrogen-bond donors (Lipinski definition) is 1. The minimum atomic E-state index is 0.307. The zero-order valence-corrected chi connectivity index (χ0v) is 11.0. The summed E-state index contributed by atoms with van der Waals surface area (Å²) in [5.41, 5.74) is 6.92. The van der Waals surface area contributed by atoms with E-state index in [-0.39, 0.29) is 0 Å². The number of nitrogens with two attached hydrogens (primary N) is 1. The molecule has 0 bridgehead atoms. The van der Waals surface area contributed by atoms with E-state index in [2.05, 4.69) is 18.7 Å². The van der Waals surface area contributed by atoms with Crippen LogP contribution in [0.5, 0.6) is 0 Å². The molecule has 0 aromatic carbocycles. The molecule has 2 aliphatic rings. The second kappa shape index (κ2) is 5.05. The van der Waals surface area contributed by atoms with E-state index in [1.54, 1.807) is 0 Å². The number of nitrogens with zero attached hydrogens (tertiary/aromatic N) is 1. The van der Waals surface area contributed by atoms with E-state index in [0.29, 0.717) is 11.6 Å². The predicted octanol–water partition coefficient (Wildman–Crippen LogP) is 2.77. The van der Waals surface area contributed by atoms with Crippen LogP contribution in [0.2, 0.25) is 0 Å². The third-order valence-electron chi connectivity index (χ3n) is 5.24. The molecule has 0 spiro atoms. The van der Waals surface area contributed by atoms with Crippen LogP contribution in [0.1, 0.15) is 58.8 Å². The largest absolute Gasteiger partial charge is 0.326 e. The lowest BCUT2D eigenvalue weighted by Crippen LogP contribution is -2.62. The minimum absolute atomic E-state index is 0.307. The second-order valence-electron chi connectivity index (χ2n) is 5.72. The first-order chi connectivity index (χ1) is 7.74. The van der Waals surface area contributed by atoms with Crippen molar-refractivity contribution in [2.45, 2.75) is 70.4 Å². The van der Waals surface area contributed by atoms with E-state index in [0.717, 1.165) is 5.92 Å². The maximum Gasteiger partial charge on any atom is 0.0357 e. The fraction of sp³-hybridized carbons (Fsp3) is 1.00. The molecule has 2 nitrogen and oxygen atoms in total. The molecule has 16 heavy (non-hydrogen) atoms. The van der Waals surface area contributed by atoms with Gasteiger partial charge >= 0.3 is 0 Å². The molecule has 2 rings (SSSR count). The third-order valence-corrected chi connectivity index (χ3v) is 5.24. The fourth-order valence-electron chi connectivity index (χ4n) is 3.78. The van der Waals surface area contributed by atoms with Crippen molar-refractivity contribution in [2.24, 2.45) is 11.7 Å². The van der Waals surface area contributed by atoms with Gasteiger partial charge in [0.05, 0.1) is 0 Å². The minimum Gasteiger partial charge on any atom is -0.326 e. The van der Waals surface area contributed by atoms with Gasteiger partial charge in [-0.25, -0.2) is 0 Å². The lowest BCUT2D eigenvalue weighted by atomic mass is 9.69. The molecule has 94 valence electrons. The van der Waals surface area contributed by atoms with Crippen LogP contribution in [0, 0.1) is 5.92 Å². The molecule has 1 atom stereocenters. The van der Waals surface area contributed by atoms with Crippen molar-refractivity contribution in [2.75, 3.05) is 13.1 Å². The Balaban J connectivity index is 2.11. The van der Waals surface area contributed by atoms with E-state index >= 15 is 0 Å². The summed E-state index contributed by atoms with van der Waals surface area (Å²) in [6.45, 7) is 7.23. The lowest BCUT2D eigenvalue weighted by Gasteiger charge is -2.50. The number of likely N-dealkylation sites (tertiary alicyclic amines) is 1. The Hall–Kier alpha value is -0.0800. The highest BCUT2D eigenvalue weighted by atomic mass is 15.2. The summed E-state index contributed by atoms with van der Waals surface area (Å²) < 4.78 is 0. The fourth-order valence-corrected chi connectivity index (χ4v) is 3.78. The van der Waals surface area contributed by atoms with Gasteiger partial charge in [-0.2, -0.15) is 0 Å². The van der Waals surface area contributed by atoms with Crippen LogP contribution in [0.4, 0.5) is 0 Å². The Labute approximate surface area is 101 Å². The predicted molar refractivity (Wildman–Crippen MR) is 69.4 cm³/mol. The van der Waals surface area contributed by atoms with Crippen LogP contribution >= 0.6 is 0 Å². The van der Waals surface area contributed by atoms with E-state index in [1.165, 1.54) is 58.0 Å². The van der Waals surface area contributed by atoms with Crippen LogP contribution in [0.15, 0.2) is 0 Å². The zero-order chi connectivity index (χ0) is 11.6. The van der Waals surface area contributed by atoms with Gasteiger partial charge < -0.3 is 5.73 Å². The topological polar surface area (TPSA) is 29.3 Å². The highest BCUT2D eigenvalue weighted by molar-refractivity contribution is 5.03. The van der Waals surface area contributed by atoms with Crippen molar-refractivity contribution < 1.29 is 0 Å². The normalized spacial score (nSPS) is 25.7. The van der Waals surface area contributed by atoms with Crippen LogP contribution in [-0.2, 0) is 0 Å². The molecule has 0 aromatic heterocycles. The summed E-state index contributed by atoms with van der Waals surface area (Å²) in [5.74, 6) is 0.806. The van der Waals surface area contributed by atoms with Crippen molar-refractivity contribution >= 4 is 0 Å². The Bertz CT molecular complexity index is 213. The summed E-state index contributed by atoms with van der Waals surface area (Å²) in [6, 6.07) is 0.411. The van der Waals surface area contributed by atoms with Crippen molar-refractivity contribution in [3.05, 3.63) is 0 Å². The van der Waals surface area contributed by atoms with Crippen molar-refractivity contribution in [1.29, 1.82) is 0 Å². The van der Waals surface area contributed by atoms with E-state index in [4.69, 9.17) is 5.73 Å². The van der Waals surface area contributed by atoms with Crippen molar-refractivity contribution in [1.82, 2.24) is 4.90 Å². The summed E-state index contributed by atoms with van der Waals surface area (Å²) in [6.07, 6.45) is 9.34. The van der Waals surface area contributed by atoms with Gasteiger partial charge in [-0.15, -0.1) is 0 Å². The molecule has 1 aliphatic carbocycles. The maximum absolute atomic E-state index is 6.62. The van der Waals surface area contributed by atoms with Gasteiger partial charge in [0, 0.05) is 11.6 Å². The van der Waals surface area contributed by atoms with Gasteiger partial charge in [-0.3, -0.25) is 4.90 Å². The molecule has 1 unspecified atom stereocenters. The van der Waals surface area contributed by atoms with Gasteiger partial charge in [0.15, 0.2) is 0 Å². The molecule has 2 heteroatoms. The monoisotopic (exact) mass is 224 g/mol. The quantitative estimate of drug-likeness (QED) is 0.778. The summed E-state index contributed by atoms with van der Waals surface area (Å²) in [5, 5.41) is 0. The van der Waals surface area contributed by atoms with Gasteiger partial charge in [0.2, 0.25) is 0 Å². The Morgan fingerprint density at radius 2 is 1.69 bits per heavy atom. The molecular weight excluding hydrogens is 196 g/mol. The highest BCUT2D eigenvalue weighted by Gasteiger charge is 2.44. The SMILES string of the molecule is CCC(CC)(C(N)C1CCC1)N1CCCC1. The molecule has 0 amide bonds. The average molecular weight is 224 g/mol. The lowest BCUT2D eigenvalue weighted by molar-refractivity contribution is 0.0356. The summed E-state index contributed by atoms with van der Waals surface area (Å²) in [4.78, 5) is 2.70. The highest BCUT2D eigenvalue weighted by Crippen LogP contribution is 2.39. The smallest absolute Gasteiger partial charge is 0.0357 e.